The van der Waals surface area contributed by atoms with E-state index in [1.54, 1.807) is 0 Å². The van der Waals surface area contributed by atoms with Gasteiger partial charge in [0.2, 0.25) is 0 Å². The maximum Gasteiger partial charge on any atom is 0.340 e. The van der Waals surface area contributed by atoms with Crippen molar-refractivity contribution in [1.29, 1.82) is 0 Å². The summed E-state index contributed by atoms with van der Waals surface area (Å²) >= 11 is 0. The molecule has 0 saturated carbocycles. The molecule has 0 atom stereocenters. The van der Waals surface area contributed by atoms with Crippen LogP contribution in [0.2, 0.25) is 0 Å². The topological polar surface area (TPSA) is 39.2 Å². The minimum absolute atomic E-state index is 0.286. The Balaban J connectivity index is 2.81. The zero-order valence-electron chi connectivity index (χ0n) is 13.5. The Bertz CT molecular complexity index is 674. The van der Waals surface area contributed by atoms with Gasteiger partial charge in [0.05, 0.1) is 17.7 Å². The van der Waals surface area contributed by atoms with Crippen molar-refractivity contribution in [3.8, 4) is 0 Å². The fourth-order valence-electron chi connectivity index (χ4n) is 2.59. The molecular formula is C18H23NO2. The summed E-state index contributed by atoms with van der Waals surface area (Å²) in [5.41, 5.74) is 4.64. The van der Waals surface area contributed by atoms with E-state index in [-0.39, 0.29) is 5.97 Å². The summed E-state index contributed by atoms with van der Waals surface area (Å²) in [6.45, 7) is 10.6. The Kier molecular flexibility index (Phi) is 4.61. The zero-order chi connectivity index (χ0) is 15.6. The fraction of sp³-hybridized carbons (Fsp3) is 0.444. The van der Waals surface area contributed by atoms with Crippen LogP contribution < -0.4 is 0 Å². The number of hydrogen-bond donors (Lipinski definition) is 0. The molecule has 3 heteroatoms. The molecule has 1 heterocycles. The zero-order valence-corrected chi connectivity index (χ0v) is 13.5. The lowest BCUT2D eigenvalue weighted by Gasteiger charge is -2.15. The van der Waals surface area contributed by atoms with Crippen LogP contribution in [-0.2, 0) is 11.2 Å². The monoisotopic (exact) mass is 285 g/mol. The first-order valence-electron chi connectivity index (χ1n) is 7.59. The first-order chi connectivity index (χ1) is 9.97. The summed E-state index contributed by atoms with van der Waals surface area (Å²) in [7, 11) is 0. The van der Waals surface area contributed by atoms with E-state index in [4.69, 9.17) is 4.74 Å². The van der Waals surface area contributed by atoms with Gasteiger partial charge < -0.3 is 4.74 Å². The molecule has 0 fully saturated rings. The first-order valence-corrected chi connectivity index (χ1v) is 7.59. The average Bonchev–Trinajstić information content (AvgIpc) is 2.45. The van der Waals surface area contributed by atoms with Gasteiger partial charge in [-0.1, -0.05) is 20.8 Å². The highest BCUT2D eigenvalue weighted by molar-refractivity contribution is 6.04. The van der Waals surface area contributed by atoms with Gasteiger partial charge in [-0.15, -0.1) is 0 Å². The third kappa shape index (κ3) is 3.07. The van der Waals surface area contributed by atoms with Crippen molar-refractivity contribution in [3.05, 3.63) is 40.6 Å². The molecule has 1 aromatic heterocycles. The summed E-state index contributed by atoms with van der Waals surface area (Å²) in [6, 6.07) is 6.18. The Morgan fingerprint density at radius 3 is 2.52 bits per heavy atom. The van der Waals surface area contributed by atoms with Crippen LogP contribution >= 0.6 is 0 Å². The number of aryl methyl sites for hydroxylation is 2. The minimum Gasteiger partial charge on any atom is -0.462 e. The molecule has 0 N–H and O–H groups in total. The molecule has 0 bridgehead atoms. The van der Waals surface area contributed by atoms with E-state index >= 15 is 0 Å². The smallest absolute Gasteiger partial charge is 0.340 e. The number of aromatic nitrogens is 1. The molecule has 3 nitrogen and oxygen atoms in total. The lowest BCUT2D eigenvalue weighted by atomic mass is 9.94. The van der Waals surface area contributed by atoms with E-state index in [1.807, 2.05) is 19.9 Å². The molecule has 2 rings (SSSR count). The highest BCUT2D eigenvalue weighted by Gasteiger charge is 2.17. The van der Waals surface area contributed by atoms with Gasteiger partial charge in [0.15, 0.2) is 0 Å². The van der Waals surface area contributed by atoms with Gasteiger partial charge >= 0.3 is 5.97 Å². The van der Waals surface area contributed by atoms with Crippen LogP contribution in [0.5, 0.6) is 0 Å². The van der Waals surface area contributed by atoms with Gasteiger partial charge in [-0.05, 0) is 55.5 Å². The van der Waals surface area contributed by atoms with Crippen LogP contribution in [0.15, 0.2) is 18.2 Å². The Morgan fingerprint density at radius 1 is 1.24 bits per heavy atom. The van der Waals surface area contributed by atoms with Crippen molar-refractivity contribution in [2.45, 2.75) is 47.0 Å². The Hall–Kier alpha value is -1.90. The third-order valence-corrected chi connectivity index (χ3v) is 3.66. The predicted molar refractivity (Wildman–Crippen MR) is 85.9 cm³/mol. The second-order valence-electron chi connectivity index (χ2n) is 5.62. The number of esters is 1. The number of pyridine rings is 1. The summed E-state index contributed by atoms with van der Waals surface area (Å²) < 4.78 is 5.20. The SMILES string of the molecule is CCOC(=O)c1cc(CC)cc2c(C(C)C)cc(C)nc12. The highest BCUT2D eigenvalue weighted by Crippen LogP contribution is 2.29. The Labute approximate surface area is 126 Å². The number of carbonyl (C=O) groups excluding carboxylic acids is 1. The second kappa shape index (κ2) is 6.25. The average molecular weight is 285 g/mol. The van der Waals surface area contributed by atoms with Crippen LogP contribution in [-0.4, -0.2) is 17.6 Å². The van der Waals surface area contributed by atoms with Crippen molar-refractivity contribution < 1.29 is 9.53 Å². The minimum atomic E-state index is -0.286. The number of hydrogen-bond acceptors (Lipinski definition) is 3. The molecule has 0 unspecified atom stereocenters. The van der Waals surface area contributed by atoms with Crippen LogP contribution in [0.25, 0.3) is 10.9 Å². The molecular weight excluding hydrogens is 262 g/mol. The number of rotatable bonds is 4. The maximum absolute atomic E-state index is 12.3. The van der Waals surface area contributed by atoms with Crippen LogP contribution in [0, 0.1) is 6.92 Å². The van der Waals surface area contributed by atoms with Crippen LogP contribution in [0.4, 0.5) is 0 Å². The van der Waals surface area contributed by atoms with E-state index in [0.29, 0.717) is 18.1 Å². The molecule has 1 aromatic carbocycles. The molecule has 112 valence electrons. The lowest BCUT2D eigenvalue weighted by molar-refractivity contribution is 0.0528. The van der Waals surface area contributed by atoms with Crippen molar-refractivity contribution in [3.63, 3.8) is 0 Å². The van der Waals surface area contributed by atoms with Crippen molar-refractivity contribution in [2.75, 3.05) is 6.61 Å². The van der Waals surface area contributed by atoms with E-state index in [2.05, 4.69) is 37.9 Å². The molecule has 0 aliphatic heterocycles. The number of ether oxygens (including phenoxy) is 1. The maximum atomic E-state index is 12.3. The van der Waals surface area contributed by atoms with Gasteiger partial charge in [0.1, 0.15) is 0 Å². The predicted octanol–water partition coefficient (Wildman–Crippen LogP) is 4.41. The first kappa shape index (κ1) is 15.5. The van der Waals surface area contributed by atoms with Crippen LogP contribution in [0.1, 0.15) is 60.8 Å². The van der Waals surface area contributed by atoms with Crippen molar-refractivity contribution >= 4 is 16.9 Å². The van der Waals surface area contributed by atoms with Crippen LogP contribution in [0.3, 0.4) is 0 Å². The quantitative estimate of drug-likeness (QED) is 0.781. The molecule has 0 radical (unpaired) electrons. The summed E-state index contributed by atoms with van der Waals surface area (Å²) in [4.78, 5) is 16.9. The van der Waals surface area contributed by atoms with E-state index in [1.165, 1.54) is 5.56 Å². The molecule has 0 saturated heterocycles. The number of nitrogens with zero attached hydrogens (tertiary/aromatic N) is 1. The van der Waals surface area contributed by atoms with Gasteiger partial charge in [0, 0.05) is 11.1 Å². The summed E-state index contributed by atoms with van der Waals surface area (Å²) in [6.07, 6.45) is 0.883. The fourth-order valence-corrected chi connectivity index (χ4v) is 2.59. The molecule has 0 spiro atoms. The highest BCUT2D eigenvalue weighted by atomic mass is 16.5. The molecule has 0 aliphatic rings. The third-order valence-electron chi connectivity index (χ3n) is 3.66. The van der Waals surface area contributed by atoms with Gasteiger partial charge in [-0.3, -0.25) is 4.98 Å². The molecule has 0 aliphatic carbocycles. The summed E-state index contributed by atoms with van der Waals surface area (Å²) in [5, 5.41) is 1.07. The van der Waals surface area contributed by atoms with Gasteiger partial charge in [0.25, 0.3) is 0 Å². The molecule has 0 amide bonds. The van der Waals surface area contributed by atoms with E-state index < -0.39 is 0 Å². The largest absolute Gasteiger partial charge is 0.462 e. The Morgan fingerprint density at radius 2 is 1.95 bits per heavy atom. The van der Waals surface area contributed by atoms with Crippen molar-refractivity contribution in [2.24, 2.45) is 0 Å². The molecule has 2 aromatic rings. The van der Waals surface area contributed by atoms with Gasteiger partial charge in [-0.2, -0.15) is 0 Å². The van der Waals surface area contributed by atoms with E-state index in [0.717, 1.165) is 28.6 Å². The van der Waals surface area contributed by atoms with Crippen molar-refractivity contribution in [1.82, 2.24) is 4.98 Å². The standard InChI is InChI=1S/C18H23NO2/c1-6-13-9-15-14(11(3)4)8-12(5)19-17(15)16(10-13)18(20)21-7-2/h8-11H,6-7H2,1-5H3. The number of fused-ring (bicyclic) bond motifs is 1. The lowest BCUT2D eigenvalue weighted by Crippen LogP contribution is -2.08. The van der Waals surface area contributed by atoms with E-state index in [9.17, 15) is 4.79 Å². The number of benzene rings is 1. The molecule has 21 heavy (non-hydrogen) atoms. The normalized spacial score (nSPS) is 11.1. The number of carbonyl (C=O) groups is 1. The summed E-state index contributed by atoms with van der Waals surface area (Å²) in [5.74, 6) is 0.0990. The second-order valence-corrected chi connectivity index (χ2v) is 5.62. The van der Waals surface area contributed by atoms with Gasteiger partial charge in [-0.25, -0.2) is 4.79 Å².